The minimum absolute atomic E-state index is 0.248. The number of amides is 2. The van der Waals surface area contributed by atoms with E-state index in [-0.39, 0.29) is 11.8 Å². The van der Waals surface area contributed by atoms with Crippen molar-refractivity contribution in [3.05, 3.63) is 71.8 Å². The van der Waals surface area contributed by atoms with Crippen LogP contribution in [0.2, 0.25) is 0 Å². The van der Waals surface area contributed by atoms with Crippen molar-refractivity contribution in [2.45, 2.75) is 44.4 Å². The first-order valence-electron chi connectivity index (χ1n) is 12.0. The van der Waals surface area contributed by atoms with Crippen molar-refractivity contribution in [2.24, 2.45) is 4.99 Å². The number of rotatable bonds is 9. The summed E-state index contributed by atoms with van der Waals surface area (Å²) in [5.41, 5.74) is 2.71. The molecule has 192 valence electrons. The number of nitrogens with zero attached hydrogens (tertiary/aromatic N) is 2. The highest BCUT2D eigenvalue weighted by atomic mass is 32.2. The van der Waals surface area contributed by atoms with E-state index in [0.717, 1.165) is 11.1 Å². The zero-order chi connectivity index (χ0) is 27.2. The second-order valence-electron chi connectivity index (χ2n) is 9.21. The van der Waals surface area contributed by atoms with Crippen molar-refractivity contribution in [3.63, 3.8) is 0 Å². The molecule has 2 amide bonds. The van der Waals surface area contributed by atoms with Gasteiger partial charge in [-0.25, -0.2) is 0 Å². The van der Waals surface area contributed by atoms with Gasteiger partial charge in [-0.05, 0) is 62.7 Å². The lowest BCUT2D eigenvalue weighted by molar-refractivity contribution is -0.115. The number of anilines is 2. The van der Waals surface area contributed by atoms with Crippen LogP contribution in [0.4, 0.5) is 11.4 Å². The highest BCUT2D eigenvalue weighted by Crippen LogP contribution is 2.30. The molecule has 0 bridgehead atoms. The third-order valence-corrected chi connectivity index (χ3v) is 7.32. The van der Waals surface area contributed by atoms with Gasteiger partial charge in [0.1, 0.15) is 10.3 Å². The van der Waals surface area contributed by atoms with E-state index in [0.29, 0.717) is 40.8 Å². The van der Waals surface area contributed by atoms with Crippen LogP contribution in [0.1, 0.15) is 42.3 Å². The van der Waals surface area contributed by atoms with Gasteiger partial charge in [0.15, 0.2) is 0 Å². The average Bonchev–Trinajstić information content (AvgIpc) is 3.20. The molecule has 9 heteroatoms. The van der Waals surface area contributed by atoms with E-state index in [1.165, 1.54) is 11.8 Å². The largest absolute Gasteiger partial charge is 0.325 e. The number of aliphatic imine (C=N–C) groups is 1. The number of hydrogen-bond donors (Lipinski definition) is 4. The SMILES string of the molecule is C=CCN=C1SC(C(=O)Nc2cc(NC(=O)c3cccc(C(C)(C)C#N)c3)ccc2C)C(NCC)C1=N. The van der Waals surface area contributed by atoms with Gasteiger partial charge in [-0.15, -0.1) is 6.58 Å². The minimum atomic E-state index is -0.715. The molecule has 2 atom stereocenters. The fourth-order valence-electron chi connectivity index (χ4n) is 3.80. The van der Waals surface area contributed by atoms with Crippen LogP contribution in [-0.2, 0) is 10.2 Å². The van der Waals surface area contributed by atoms with Crippen LogP contribution >= 0.6 is 11.8 Å². The van der Waals surface area contributed by atoms with Gasteiger partial charge in [-0.1, -0.05) is 43.0 Å². The first kappa shape index (κ1) is 27.8. The molecule has 4 N–H and O–H groups in total. The van der Waals surface area contributed by atoms with Gasteiger partial charge in [0.2, 0.25) is 5.91 Å². The Morgan fingerprint density at radius 2 is 2.00 bits per heavy atom. The topological polar surface area (TPSA) is 130 Å². The molecule has 1 heterocycles. The lowest BCUT2D eigenvalue weighted by Crippen LogP contribution is -2.45. The molecule has 2 aromatic carbocycles. The van der Waals surface area contributed by atoms with Crippen LogP contribution < -0.4 is 16.0 Å². The second-order valence-corrected chi connectivity index (χ2v) is 10.3. The molecule has 3 rings (SSSR count). The van der Waals surface area contributed by atoms with E-state index in [1.54, 1.807) is 50.3 Å². The standard InChI is InChI=1S/C28H32N6O2S/c1-6-13-32-27-22(30)23(31-7-2)24(37-27)26(36)34-21-15-20(12-11-17(21)3)33-25(35)18-9-8-10-19(14-18)28(4,5)16-29/h6,8-12,14-15,23-24,30-31H,1,7,13H2,2-5H3,(H,33,35)(H,34,36). The smallest absolute Gasteiger partial charge is 0.255 e. The van der Waals surface area contributed by atoms with Crippen LogP contribution in [0, 0.1) is 23.7 Å². The number of hydrogen-bond acceptors (Lipinski definition) is 7. The molecular weight excluding hydrogens is 484 g/mol. The summed E-state index contributed by atoms with van der Waals surface area (Å²) in [6, 6.07) is 14.1. The fourth-order valence-corrected chi connectivity index (χ4v) is 4.97. The number of nitriles is 1. The van der Waals surface area contributed by atoms with Crippen LogP contribution in [0.5, 0.6) is 0 Å². The van der Waals surface area contributed by atoms with Gasteiger partial charge in [0, 0.05) is 16.9 Å². The zero-order valence-electron chi connectivity index (χ0n) is 21.5. The molecule has 0 aromatic heterocycles. The van der Waals surface area contributed by atoms with Gasteiger partial charge in [0.25, 0.3) is 5.91 Å². The zero-order valence-corrected chi connectivity index (χ0v) is 22.3. The van der Waals surface area contributed by atoms with Crippen LogP contribution in [0.3, 0.4) is 0 Å². The number of benzene rings is 2. The summed E-state index contributed by atoms with van der Waals surface area (Å²) in [4.78, 5) is 30.6. The Kier molecular flexibility index (Phi) is 9.03. The lowest BCUT2D eigenvalue weighted by Gasteiger charge is -2.19. The maximum atomic E-state index is 13.3. The van der Waals surface area contributed by atoms with E-state index < -0.39 is 16.7 Å². The van der Waals surface area contributed by atoms with Crippen molar-refractivity contribution in [2.75, 3.05) is 23.7 Å². The van der Waals surface area contributed by atoms with Gasteiger partial charge in [0.05, 0.1) is 29.8 Å². The summed E-state index contributed by atoms with van der Waals surface area (Å²) in [5.74, 6) is -0.561. The Balaban J connectivity index is 1.78. The first-order chi connectivity index (χ1) is 17.6. The van der Waals surface area contributed by atoms with Crippen LogP contribution in [-0.4, -0.2) is 47.0 Å². The third-order valence-electron chi connectivity index (χ3n) is 6.01. The van der Waals surface area contributed by atoms with E-state index >= 15 is 0 Å². The number of carbonyl (C=O) groups excluding carboxylic acids is 2. The Labute approximate surface area is 222 Å². The highest BCUT2D eigenvalue weighted by Gasteiger charge is 2.41. The van der Waals surface area contributed by atoms with E-state index in [1.807, 2.05) is 26.0 Å². The van der Waals surface area contributed by atoms with E-state index in [4.69, 9.17) is 5.41 Å². The average molecular weight is 517 g/mol. The summed E-state index contributed by atoms with van der Waals surface area (Å²) in [6.45, 7) is 12.1. The van der Waals surface area contributed by atoms with E-state index in [9.17, 15) is 14.9 Å². The molecule has 37 heavy (non-hydrogen) atoms. The molecule has 2 unspecified atom stereocenters. The Hall–Kier alpha value is -3.74. The normalized spacial score (nSPS) is 18.4. The molecule has 8 nitrogen and oxygen atoms in total. The second kappa shape index (κ2) is 12.0. The summed E-state index contributed by atoms with van der Waals surface area (Å²) >= 11 is 1.27. The third kappa shape index (κ3) is 6.53. The van der Waals surface area contributed by atoms with Crippen molar-refractivity contribution in [3.8, 4) is 6.07 Å². The summed E-state index contributed by atoms with van der Waals surface area (Å²) < 4.78 is 0. The van der Waals surface area contributed by atoms with Gasteiger partial charge < -0.3 is 21.4 Å². The Morgan fingerprint density at radius 1 is 1.24 bits per heavy atom. The van der Waals surface area contributed by atoms with Gasteiger partial charge in [-0.3, -0.25) is 14.6 Å². The highest BCUT2D eigenvalue weighted by molar-refractivity contribution is 8.17. The lowest BCUT2D eigenvalue weighted by atomic mass is 9.85. The monoisotopic (exact) mass is 516 g/mol. The number of aryl methyl sites for hydroxylation is 1. The maximum absolute atomic E-state index is 13.3. The van der Waals surface area contributed by atoms with Crippen molar-refractivity contribution < 1.29 is 9.59 Å². The maximum Gasteiger partial charge on any atom is 0.255 e. The number of nitrogens with one attached hydrogen (secondary N) is 4. The Bertz CT molecular complexity index is 1290. The summed E-state index contributed by atoms with van der Waals surface area (Å²) in [5, 5.41) is 26.9. The molecule has 1 fully saturated rings. The minimum Gasteiger partial charge on any atom is -0.325 e. The number of thioether (sulfide) groups is 1. The molecule has 0 saturated carbocycles. The van der Waals surface area contributed by atoms with Crippen LogP contribution in [0.15, 0.2) is 60.1 Å². The molecule has 0 spiro atoms. The molecule has 2 aromatic rings. The van der Waals surface area contributed by atoms with E-state index in [2.05, 4.69) is 33.6 Å². The Morgan fingerprint density at radius 3 is 2.68 bits per heavy atom. The summed E-state index contributed by atoms with van der Waals surface area (Å²) in [6.07, 6.45) is 1.65. The van der Waals surface area contributed by atoms with Crippen molar-refractivity contribution in [1.82, 2.24) is 5.32 Å². The predicted octanol–water partition coefficient (Wildman–Crippen LogP) is 4.68. The predicted molar refractivity (Wildman–Crippen MR) is 152 cm³/mol. The molecule has 1 aliphatic heterocycles. The van der Waals surface area contributed by atoms with Crippen LogP contribution in [0.25, 0.3) is 0 Å². The summed E-state index contributed by atoms with van der Waals surface area (Å²) in [7, 11) is 0. The van der Waals surface area contributed by atoms with Gasteiger partial charge >= 0.3 is 0 Å². The van der Waals surface area contributed by atoms with Crippen molar-refractivity contribution in [1.29, 1.82) is 10.7 Å². The molecular formula is C28H32N6O2S. The fraction of sp³-hybridized carbons (Fsp3) is 0.321. The molecule has 1 saturated heterocycles. The van der Waals surface area contributed by atoms with Gasteiger partial charge in [-0.2, -0.15) is 5.26 Å². The molecule has 0 aliphatic carbocycles. The first-order valence-corrected chi connectivity index (χ1v) is 12.9. The molecule has 0 radical (unpaired) electrons. The quantitative estimate of drug-likeness (QED) is 0.359. The number of carbonyl (C=O) groups is 2. The molecule has 1 aliphatic rings. The van der Waals surface area contributed by atoms with Crippen molar-refractivity contribution >= 4 is 45.7 Å².